The number of rotatable bonds is 5. The second kappa shape index (κ2) is 7.38. The predicted octanol–water partition coefficient (Wildman–Crippen LogP) is 4.41. The molecule has 0 aliphatic rings. The van der Waals surface area contributed by atoms with Crippen LogP contribution in [0.2, 0.25) is 10.0 Å². The maximum atomic E-state index is 12.2. The Morgan fingerprint density at radius 1 is 1.05 bits per heavy atom. The van der Waals surface area contributed by atoms with Gasteiger partial charge in [0.05, 0.1) is 22.8 Å². The number of amides is 1. The van der Waals surface area contributed by atoms with Crippen LogP contribution in [0.3, 0.4) is 0 Å². The third-order valence-electron chi connectivity index (χ3n) is 2.95. The fraction of sp³-hybridized carbons (Fsp3) is 0.188. The molecule has 0 heterocycles. The predicted molar refractivity (Wildman–Crippen MR) is 88.2 cm³/mol. The third kappa shape index (κ3) is 4.06. The molecule has 0 aromatic heterocycles. The van der Waals surface area contributed by atoms with Gasteiger partial charge < -0.3 is 14.8 Å². The summed E-state index contributed by atoms with van der Waals surface area (Å²) in [6.07, 6.45) is -0.708. The highest BCUT2D eigenvalue weighted by Gasteiger charge is 2.17. The van der Waals surface area contributed by atoms with Gasteiger partial charge in [0, 0.05) is 0 Å². The third-order valence-corrected chi connectivity index (χ3v) is 3.58. The van der Waals surface area contributed by atoms with Gasteiger partial charge in [-0.15, -0.1) is 0 Å². The van der Waals surface area contributed by atoms with Crippen molar-refractivity contribution in [3.05, 3.63) is 52.5 Å². The van der Waals surface area contributed by atoms with Crippen LogP contribution in [-0.4, -0.2) is 19.1 Å². The standard InChI is InChI=1S/C16H15Cl2NO3/c1-10(22-12-8-6-11(21-2)7-9-12)16(20)19-15-13(17)4-3-5-14(15)18/h3-10H,1-2H3,(H,19,20)/t10-/m1/s1. The highest BCUT2D eigenvalue weighted by atomic mass is 35.5. The molecule has 2 rings (SSSR count). The van der Waals surface area contributed by atoms with Crippen LogP contribution < -0.4 is 14.8 Å². The smallest absolute Gasteiger partial charge is 0.265 e. The van der Waals surface area contributed by atoms with Crippen LogP contribution in [0.25, 0.3) is 0 Å². The lowest BCUT2D eigenvalue weighted by atomic mass is 10.3. The number of carbonyl (C=O) groups is 1. The molecule has 22 heavy (non-hydrogen) atoms. The summed E-state index contributed by atoms with van der Waals surface area (Å²) in [5, 5.41) is 3.41. The van der Waals surface area contributed by atoms with Crippen LogP contribution in [0.5, 0.6) is 11.5 Å². The number of anilines is 1. The molecule has 0 saturated carbocycles. The van der Waals surface area contributed by atoms with Crippen molar-refractivity contribution in [3.63, 3.8) is 0 Å². The fourth-order valence-corrected chi connectivity index (χ4v) is 2.25. The minimum Gasteiger partial charge on any atom is -0.497 e. The molecule has 2 aromatic carbocycles. The van der Waals surface area contributed by atoms with Gasteiger partial charge in [-0.1, -0.05) is 29.3 Å². The molecular formula is C16H15Cl2NO3. The zero-order valence-electron chi connectivity index (χ0n) is 12.1. The zero-order chi connectivity index (χ0) is 16.1. The molecular weight excluding hydrogens is 325 g/mol. The quantitative estimate of drug-likeness (QED) is 0.877. The van der Waals surface area contributed by atoms with Gasteiger partial charge in [0.25, 0.3) is 5.91 Å². The van der Waals surface area contributed by atoms with E-state index in [1.807, 2.05) is 0 Å². The van der Waals surface area contributed by atoms with E-state index in [1.165, 1.54) is 0 Å². The minimum absolute atomic E-state index is 0.342. The van der Waals surface area contributed by atoms with E-state index in [0.29, 0.717) is 27.2 Å². The molecule has 0 radical (unpaired) electrons. The van der Waals surface area contributed by atoms with Crippen LogP contribution in [0.1, 0.15) is 6.92 Å². The molecule has 2 aromatic rings. The topological polar surface area (TPSA) is 47.6 Å². The number of halogens is 2. The highest BCUT2D eigenvalue weighted by molar-refractivity contribution is 6.39. The van der Waals surface area contributed by atoms with E-state index >= 15 is 0 Å². The van der Waals surface area contributed by atoms with Crippen molar-refractivity contribution in [1.29, 1.82) is 0 Å². The summed E-state index contributed by atoms with van der Waals surface area (Å²) >= 11 is 12.0. The maximum absolute atomic E-state index is 12.2. The molecule has 4 nitrogen and oxygen atoms in total. The van der Waals surface area contributed by atoms with Gasteiger partial charge in [0.15, 0.2) is 6.10 Å². The normalized spacial score (nSPS) is 11.6. The molecule has 0 saturated heterocycles. The van der Waals surface area contributed by atoms with Crippen molar-refractivity contribution in [1.82, 2.24) is 0 Å². The average molecular weight is 340 g/mol. The van der Waals surface area contributed by atoms with Crippen molar-refractivity contribution in [2.24, 2.45) is 0 Å². The van der Waals surface area contributed by atoms with Gasteiger partial charge in [-0.05, 0) is 43.3 Å². The molecule has 116 valence electrons. The monoisotopic (exact) mass is 339 g/mol. The molecule has 0 unspecified atom stereocenters. The maximum Gasteiger partial charge on any atom is 0.265 e. The summed E-state index contributed by atoms with van der Waals surface area (Å²) < 4.78 is 10.6. The first-order valence-corrected chi connectivity index (χ1v) is 7.32. The minimum atomic E-state index is -0.708. The molecule has 1 amide bonds. The molecule has 6 heteroatoms. The number of benzene rings is 2. The Labute approximate surface area is 138 Å². The molecule has 0 bridgehead atoms. The Morgan fingerprint density at radius 2 is 1.59 bits per heavy atom. The first-order chi connectivity index (χ1) is 10.5. The van der Waals surface area contributed by atoms with Gasteiger partial charge in [-0.2, -0.15) is 0 Å². The molecule has 0 aliphatic carbocycles. The Morgan fingerprint density at radius 3 is 2.14 bits per heavy atom. The summed E-state index contributed by atoms with van der Waals surface area (Å²) in [6, 6.07) is 12.0. The summed E-state index contributed by atoms with van der Waals surface area (Å²) in [5.41, 5.74) is 0.376. The fourth-order valence-electron chi connectivity index (χ4n) is 1.75. The number of hydrogen-bond donors (Lipinski definition) is 1. The van der Waals surface area contributed by atoms with E-state index in [2.05, 4.69) is 5.32 Å². The lowest BCUT2D eigenvalue weighted by molar-refractivity contribution is -0.122. The van der Waals surface area contributed by atoms with E-state index in [0.717, 1.165) is 0 Å². The van der Waals surface area contributed by atoms with Gasteiger partial charge in [0.1, 0.15) is 11.5 Å². The van der Waals surface area contributed by atoms with Crippen LogP contribution >= 0.6 is 23.2 Å². The van der Waals surface area contributed by atoms with Crippen LogP contribution in [0.4, 0.5) is 5.69 Å². The van der Waals surface area contributed by atoms with E-state index in [4.69, 9.17) is 32.7 Å². The lowest BCUT2D eigenvalue weighted by Crippen LogP contribution is -2.30. The molecule has 1 atom stereocenters. The van der Waals surface area contributed by atoms with E-state index in [9.17, 15) is 4.79 Å². The second-order valence-corrected chi connectivity index (χ2v) is 5.34. The number of hydrogen-bond acceptors (Lipinski definition) is 3. The summed E-state index contributed by atoms with van der Waals surface area (Å²) in [5.74, 6) is 0.937. The Balaban J connectivity index is 2.02. The summed E-state index contributed by atoms with van der Waals surface area (Å²) in [7, 11) is 1.58. The highest BCUT2D eigenvalue weighted by Crippen LogP contribution is 2.30. The largest absolute Gasteiger partial charge is 0.497 e. The number of para-hydroxylation sites is 1. The van der Waals surface area contributed by atoms with Gasteiger partial charge in [0.2, 0.25) is 0 Å². The van der Waals surface area contributed by atoms with Crippen LogP contribution in [0.15, 0.2) is 42.5 Å². The Bertz CT molecular complexity index is 639. The number of methoxy groups -OCH3 is 1. The van der Waals surface area contributed by atoms with Crippen molar-refractivity contribution in [2.45, 2.75) is 13.0 Å². The van der Waals surface area contributed by atoms with Crippen LogP contribution in [-0.2, 0) is 4.79 Å². The van der Waals surface area contributed by atoms with Gasteiger partial charge in [-0.3, -0.25) is 4.79 Å². The van der Waals surface area contributed by atoms with Crippen molar-refractivity contribution in [2.75, 3.05) is 12.4 Å². The first kappa shape index (κ1) is 16.5. The van der Waals surface area contributed by atoms with Crippen LogP contribution in [0, 0.1) is 0 Å². The van der Waals surface area contributed by atoms with E-state index in [1.54, 1.807) is 56.5 Å². The van der Waals surface area contributed by atoms with Crippen molar-refractivity contribution >= 4 is 34.8 Å². The average Bonchev–Trinajstić information content (AvgIpc) is 2.51. The number of nitrogens with one attached hydrogen (secondary N) is 1. The van der Waals surface area contributed by atoms with E-state index < -0.39 is 6.10 Å². The van der Waals surface area contributed by atoms with Gasteiger partial charge >= 0.3 is 0 Å². The first-order valence-electron chi connectivity index (χ1n) is 6.57. The summed E-state index contributed by atoms with van der Waals surface area (Å²) in [6.45, 7) is 1.64. The summed E-state index contributed by atoms with van der Waals surface area (Å²) in [4.78, 5) is 12.2. The molecule has 0 aliphatic heterocycles. The lowest BCUT2D eigenvalue weighted by Gasteiger charge is -2.16. The second-order valence-electron chi connectivity index (χ2n) is 4.52. The number of ether oxygens (including phenoxy) is 2. The Kier molecular flexibility index (Phi) is 5.52. The van der Waals surface area contributed by atoms with Gasteiger partial charge in [-0.25, -0.2) is 0 Å². The van der Waals surface area contributed by atoms with Crippen molar-refractivity contribution < 1.29 is 14.3 Å². The zero-order valence-corrected chi connectivity index (χ0v) is 13.6. The number of carbonyl (C=O) groups excluding carboxylic acids is 1. The Hall–Kier alpha value is -1.91. The molecule has 0 spiro atoms. The van der Waals surface area contributed by atoms with E-state index in [-0.39, 0.29) is 5.91 Å². The molecule has 0 fully saturated rings. The van der Waals surface area contributed by atoms with Crippen molar-refractivity contribution in [3.8, 4) is 11.5 Å². The molecule has 1 N–H and O–H groups in total. The SMILES string of the molecule is COc1ccc(O[C@H](C)C(=O)Nc2c(Cl)cccc2Cl)cc1.